The molecule has 5 nitrogen and oxygen atoms in total. The maximum absolute atomic E-state index is 12.7. The van der Waals surface area contributed by atoms with Crippen LogP contribution in [-0.2, 0) is 21.0 Å². The van der Waals surface area contributed by atoms with Crippen molar-refractivity contribution in [1.82, 2.24) is 9.62 Å². The Kier molecular flexibility index (Phi) is 6.10. The predicted molar refractivity (Wildman–Crippen MR) is 86.2 cm³/mol. The molecule has 1 amide bonds. The van der Waals surface area contributed by atoms with Crippen LogP contribution in [0.2, 0.25) is 0 Å². The van der Waals surface area contributed by atoms with Crippen molar-refractivity contribution in [2.45, 2.75) is 37.3 Å². The van der Waals surface area contributed by atoms with Gasteiger partial charge in [-0.3, -0.25) is 4.79 Å². The molecule has 9 heteroatoms. The van der Waals surface area contributed by atoms with Gasteiger partial charge in [0.15, 0.2) is 0 Å². The monoisotopic (exact) mass is 378 g/mol. The first-order valence-corrected chi connectivity index (χ1v) is 9.56. The molecule has 25 heavy (non-hydrogen) atoms. The fraction of sp³-hybridized carbons (Fsp3) is 0.562. The van der Waals surface area contributed by atoms with Gasteiger partial charge in [-0.2, -0.15) is 13.2 Å². The number of nitrogens with one attached hydrogen (secondary N) is 1. The molecule has 1 aromatic rings. The number of alkyl halides is 3. The number of sulfonamides is 1. The Bertz CT molecular complexity index is 716. The van der Waals surface area contributed by atoms with Crippen LogP contribution in [0.4, 0.5) is 13.2 Å². The van der Waals surface area contributed by atoms with E-state index < -0.39 is 33.2 Å². The SMILES string of the molecule is CCCN(CC1CC1)C(=O)CNS(=O)(=O)c1cccc(C(F)(F)F)c1. The van der Waals surface area contributed by atoms with Crippen LogP contribution in [0.3, 0.4) is 0 Å². The fourth-order valence-corrected chi connectivity index (χ4v) is 3.41. The molecule has 0 bridgehead atoms. The van der Waals surface area contributed by atoms with E-state index in [0.717, 1.165) is 37.5 Å². The number of carbonyl (C=O) groups excluding carboxylic acids is 1. The van der Waals surface area contributed by atoms with Gasteiger partial charge < -0.3 is 4.90 Å². The maximum Gasteiger partial charge on any atom is 0.416 e. The quantitative estimate of drug-likeness (QED) is 0.756. The minimum Gasteiger partial charge on any atom is -0.341 e. The summed E-state index contributed by atoms with van der Waals surface area (Å²) in [6, 6.07) is 3.44. The van der Waals surface area contributed by atoms with Gasteiger partial charge in [0.1, 0.15) is 0 Å². The first-order valence-electron chi connectivity index (χ1n) is 8.08. The van der Waals surface area contributed by atoms with Gasteiger partial charge >= 0.3 is 6.18 Å². The molecule has 0 aliphatic heterocycles. The zero-order valence-electron chi connectivity index (χ0n) is 13.8. The normalized spacial score (nSPS) is 15.2. The Hall–Kier alpha value is -1.61. The maximum atomic E-state index is 12.7. The van der Waals surface area contributed by atoms with Gasteiger partial charge in [-0.05, 0) is 43.4 Å². The van der Waals surface area contributed by atoms with E-state index >= 15 is 0 Å². The highest BCUT2D eigenvalue weighted by Gasteiger charge is 2.32. The molecule has 0 atom stereocenters. The summed E-state index contributed by atoms with van der Waals surface area (Å²) in [5, 5.41) is 0. The minimum absolute atomic E-state index is 0.371. The van der Waals surface area contributed by atoms with Crippen LogP contribution in [0.25, 0.3) is 0 Å². The van der Waals surface area contributed by atoms with Crippen LogP contribution in [0.5, 0.6) is 0 Å². The van der Waals surface area contributed by atoms with E-state index in [1.807, 2.05) is 6.92 Å². The van der Waals surface area contributed by atoms with Crippen molar-refractivity contribution >= 4 is 15.9 Å². The topological polar surface area (TPSA) is 66.5 Å². The molecular weight excluding hydrogens is 357 g/mol. The van der Waals surface area contributed by atoms with Crippen molar-refractivity contribution in [3.05, 3.63) is 29.8 Å². The lowest BCUT2D eigenvalue weighted by Crippen LogP contribution is -2.41. The van der Waals surface area contributed by atoms with Crippen molar-refractivity contribution in [3.63, 3.8) is 0 Å². The minimum atomic E-state index is -4.64. The van der Waals surface area contributed by atoms with Crippen LogP contribution in [0, 0.1) is 5.92 Å². The molecule has 1 aromatic carbocycles. The van der Waals surface area contributed by atoms with Gasteiger partial charge in [-0.15, -0.1) is 0 Å². The van der Waals surface area contributed by atoms with Gasteiger partial charge in [0.05, 0.1) is 17.0 Å². The zero-order valence-corrected chi connectivity index (χ0v) is 14.7. The molecule has 0 heterocycles. The van der Waals surface area contributed by atoms with Crippen molar-refractivity contribution in [2.24, 2.45) is 5.92 Å². The molecule has 1 N–H and O–H groups in total. The van der Waals surface area contributed by atoms with Crippen molar-refractivity contribution in [3.8, 4) is 0 Å². The molecule has 0 spiro atoms. The highest BCUT2D eigenvalue weighted by atomic mass is 32.2. The third-order valence-electron chi connectivity index (χ3n) is 3.91. The summed E-state index contributed by atoms with van der Waals surface area (Å²) in [6.45, 7) is 2.57. The Labute approximate surface area is 145 Å². The van der Waals surface area contributed by atoms with Crippen LogP contribution in [-0.4, -0.2) is 38.9 Å². The van der Waals surface area contributed by atoms with E-state index in [1.165, 1.54) is 0 Å². The number of nitrogens with zero attached hydrogens (tertiary/aromatic N) is 1. The summed E-state index contributed by atoms with van der Waals surface area (Å²) < 4.78 is 64.6. The number of hydrogen-bond acceptors (Lipinski definition) is 3. The molecule has 0 saturated heterocycles. The van der Waals surface area contributed by atoms with Crippen molar-refractivity contribution < 1.29 is 26.4 Å². The van der Waals surface area contributed by atoms with E-state index in [1.54, 1.807) is 4.90 Å². The second kappa shape index (κ2) is 7.74. The molecule has 0 aromatic heterocycles. The molecule has 140 valence electrons. The van der Waals surface area contributed by atoms with Crippen molar-refractivity contribution in [2.75, 3.05) is 19.6 Å². The molecule has 0 unspecified atom stereocenters. The summed E-state index contributed by atoms with van der Waals surface area (Å²) in [4.78, 5) is 13.3. The van der Waals surface area contributed by atoms with Gasteiger partial charge in [-0.25, -0.2) is 13.1 Å². The number of benzene rings is 1. The summed E-state index contributed by atoms with van der Waals surface area (Å²) >= 11 is 0. The van der Waals surface area contributed by atoms with E-state index in [-0.39, 0.29) is 5.91 Å². The lowest BCUT2D eigenvalue weighted by Gasteiger charge is -2.22. The number of hydrogen-bond donors (Lipinski definition) is 1. The highest BCUT2D eigenvalue weighted by Crippen LogP contribution is 2.31. The smallest absolute Gasteiger partial charge is 0.341 e. The summed E-state index contributed by atoms with van der Waals surface area (Å²) in [5.74, 6) is 0.0971. The number of amides is 1. The van der Waals surface area contributed by atoms with Gasteiger partial charge in [0, 0.05) is 13.1 Å². The second-order valence-corrected chi connectivity index (χ2v) is 7.90. The van der Waals surface area contributed by atoms with E-state index in [9.17, 15) is 26.4 Å². The number of rotatable bonds is 8. The first-order chi connectivity index (χ1) is 11.6. The predicted octanol–water partition coefficient (Wildman–Crippen LogP) is 2.63. The highest BCUT2D eigenvalue weighted by molar-refractivity contribution is 7.89. The average Bonchev–Trinajstić information content (AvgIpc) is 3.36. The largest absolute Gasteiger partial charge is 0.416 e. The molecule has 1 aliphatic carbocycles. The van der Waals surface area contributed by atoms with Crippen LogP contribution in [0.15, 0.2) is 29.2 Å². The third-order valence-corrected chi connectivity index (χ3v) is 5.31. The molecule has 1 aliphatic rings. The Balaban J connectivity index is 2.04. The fourth-order valence-electron chi connectivity index (χ4n) is 2.39. The van der Waals surface area contributed by atoms with Gasteiger partial charge in [0.2, 0.25) is 15.9 Å². The van der Waals surface area contributed by atoms with Crippen LogP contribution >= 0.6 is 0 Å². The van der Waals surface area contributed by atoms with Crippen molar-refractivity contribution in [1.29, 1.82) is 0 Å². The van der Waals surface area contributed by atoms with Crippen LogP contribution < -0.4 is 4.72 Å². The molecule has 2 rings (SSSR count). The molecular formula is C16H21F3N2O3S. The molecule has 1 fully saturated rings. The van der Waals surface area contributed by atoms with Crippen LogP contribution in [0.1, 0.15) is 31.7 Å². The Morgan fingerprint density at radius 3 is 2.56 bits per heavy atom. The Morgan fingerprint density at radius 1 is 1.32 bits per heavy atom. The lowest BCUT2D eigenvalue weighted by atomic mass is 10.2. The summed E-state index contributed by atoms with van der Waals surface area (Å²) in [7, 11) is -4.20. The van der Waals surface area contributed by atoms with E-state index in [0.29, 0.717) is 25.1 Å². The zero-order chi connectivity index (χ0) is 18.7. The summed E-state index contributed by atoms with van der Waals surface area (Å²) in [5.41, 5.74) is -1.05. The Morgan fingerprint density at radius 2 is 2.00 bits per heavy atom. The summed E-state index contributed by atoms with van der Waals surface area (Å²) in [6.07, 6.45) is -1.77. The molecule has 1 saturated carbocycles. The van der Waals surface area contributed by atoms with E-state index in [2.05, 4.69) is 4.72 Å². The molecule has 0 radical (unpaired) electrons. The number of halogens is 3. The second-order valence-electron chi connectivity index (χ2n) is 6.13. The van der Waals surface area contributed by atoms with E-state index in [4.69, 9.17) is 0 Å². The third kappa shape index (κ3) is 5.71. The number of carbonyl (C=O) groups is 1. The van der Waals surface area contributed by atoms with Gasteiger partial charge in [0.25, 0.3) is 0 Å². The first kappa shape index (κ1) is 19.7. The lowest BCUT2D eigenvalue weighted by molar-refractivity contribution is -0.137. The van der Waals surface area contributed by atoms with Gasteiger partial charge in [-0.1, -0.05) is 13.0 Å². The average molecular weight is 378 g/mol. The standard InChI is InChI=1S/C16H21F3N2O3S/c1-2-8-21(11-12-6-7-12)15(22)10-20-25(23,24)14-5-3-4-13(9-14)16(17,18)19/h3-5,9,12,20H,2,6-8,10-11H2,1H3.